The van der Waals surface area contributed by atoms with Crippen LogP contribution >= 0.6 is 11.3 Å². The number of nitrogens with one attached hydrogen (secondary N) is 2. The zero-order valence-corrected chi connectivity index (χ0v) is 19.9. The van der Waals surface area contributed by atoms with Crippen molar-refractivity contribution in [3.63, 3.8) is 0 Å². The van der Waals surface area contributed by atoms with Crippen LogP contribution in [0.1, 0.15) is 75.2 Å². The number of ether oxygens (including phenoxy) is 2. The molecule has 1 aromatic heterocycles. The number of hydrogen-bond donors (Lipinski definition) is 2. The molecule has 1 unspecified atom stereocenters. The molecule has 0 spiro atoms. The predicted molar refractivity (Wildman–Crippen MR) is 118 cm³/mol. The van der Waals surface area contributed by atoms with Gasteiger partial charge in [0.15, 0.2) is 6.61 Å². The summed E-state index contributed by atoms with van der Waals surface area (Å²) in [4.78, 5) is 50.2. The van der Waals surface area contributed by atoms with Crippen LogP contribution in [0.5, 0.6) is 0 Å². The number of carbonyl (C=O) groups excluding carboxylic acids is 4. The van der Waals surface area contributed by atoms with E-state index in [1.807, 2.05) is 0 Å². The second-order valence-corrected chi connectivity index (χ2v) is 10.1. The monoisotopic (exact) mass is 452 g/mol. The van der Waals surface area contributed by atoms with Gasteiger partial charge in [-0.15, -0.1) is 11.3 Å². The highest BCUT2D eigenvalue weighted by molar-refractivity contribution is 7.17. The standard InChI is InChI=1S/C22H32N2O6S/c1-12(2)30-20(27)17-14-9-7-8-10-15(14)31-18(17)24-16(25)11-29-19(26)13(3)23-21(28)22(4,5)6/h12-13H,7-11H2,1-6H3,(H,23,28)(H,24,25). The van der Waals surface area contributed by atoms with Crippen LogP contribution in [0.2, 0.25) is 0 Å². The summed E-state index contributed by atoms with van der Waals surface area (Å²) in [7, 11) is 0. The van der Waals surface area contributed by atoms with Crippen molar-refractivity contribution in [2.24, 2.45) is 5.41 Å². The Morgan fingerprint density at radius 3 is 2.32 bits per heavy atom. The van der Waals surface area contributed by atoms with Crippen LogP contribution in [-0.2, 0) is 36.7 Å². The van der Waals surface area contributed by atoms with Gasteiger partial charge >= 0.3 is 11.9 Å². The molecule has 0 bridgehead atoms. The number of carbonyl (C=O) groups is 4. The van der Waals surface area contributed by atoms with Gasteiger partial charge in [-0.25, -0.2) is 9.59 Å². The molecule has 2 amide bonds. The molecule has 2 N–H and O–H groups in total. The summed E-state index contributed by atoms with van der Waals surface area (Å²) in [6, 6.07) is -0.884. The van der Waals surface area contributed by atoms with E-state index in [0.717, 1.165) is 36.1 Å². The predicted octanol–water partition coefficient (Wildman–Crippen LogP) is 3.22. The van der Waals surface area contributed by atoms with Crippen molar-refractivity contribution < 1.29 is 28.7 Å². The van der Waals surface area contributed by atoms with Crippen LogP contribution in [0.3, 0.4) is 0 Å². The zero-order valence-electron chi connectivity index (χ0n) is 19.0. The molecule has 0 aromatic carbocycles. The van der Waals surface area contributed by atoms with Gasteiger partial charge in [-0.3, -0.25) is 9.59 Å². The Balaban J connectivity index is 2.02. The zero-order chi connectivity index (χ0) is 23.3. The Hall–Kier alpha value is -2.42. The molecule has 1 aliphatic rings. The summed E-state index contributed by atoms with van der Waals surface area (Å²) in [6.07, 6.45) is 3.37. The number of aryl methyl sites for hydroxylation is 1. The number of rotatable bonds is 7. The van der Waals surface area contributed by atoms with Gasteiger partial charge in [0.05, 0.1) is 11.7 Å². The molecule has 1 heterocycles. The number of fused-ring (bicyclic) bond motifs is 1. The molecular weight excluding hydrogens is 420 g/mol. The molecule has 1 atom stereocenters. The van der Waals surface area contributed by atoms with E-state index >= 15 is 0 Å². The normalized spacial score (nSPS) is 14.4. The fourth-order valence-corrected chi connectivity index (χ4v) is 4.33. The minimum atomic E-state index is -0.884. The summed E-state index contributed by atoms with van der Waals surface area (Å²) in [5, 5.41) is 5.68. The molecule has 1 aromatic rings. The number of thiophene rings is 1. The van der Waals surface area contributed by atoms with E-state index in [1.54, 1.807) is 34.6 Å². The Morgan fingerprint density at radius 1 is 1.06 bits per heavy atom. The summed E-state index contributed by atoms with van der Waals surface area (Å²) in [6.45, 7) is 9.72. The van der Waals surface area contributed by atoms with E-state index in [2.05, 4.69) is 10.6 Å². The molecule has 9 heteroatoms. The first kappa shape index (κ1) is 24.8. The highest BCUT2D eigenvalue weighted by Crippen LogP contribution is 2.38. The van der Waals surface area contributed by atoms with Crippen LogP contribution in [0.4, 0.5) is 5.00 Å². The first-order chi connectivity index (χ1) is 14.4. The summed E-state index contributed by atoms with van der Waals surface area (Å²) < 4.78 is 10.4. The fourth-order valence-electron chi connectivity index (χ4n) is 3.04. The number of hydrogen-bond acceptors (Lipinski definition) is 7. The first-order valence-electron chi connectivity index (χ1n) is 10.5. The van der Waals surface area contributed by atoms with Gasteiger partial charge in [0.2, 0.25) is 5.91 Å². The maximum absolute atomic E-state index is 12.6. The van der Waals surface area contributed by atoms with Crippen molar-refractivity contribution >= 4 is 40.1 Å². The average molecular weight is 453 g/mol. The molecule has 0 saturated heterocycles. The van der Waals surface area contributed by atoms with Crippen LogP contribution < -0.4 is 10.6 Å². The van der Waals surface area contributed by atoms with Gasteiger partial charge in [-0.1, -0.05) is 20.8 Å². The molecular formula is C22H32N2O6S. The topological polar surface area (TPSA) is 111 Å². The maximum atomic E-state index is 12.6. The number of amides is 2. The molecule has 2 rings (SSSR count). The minimum absolute atomic E-state index is 0.277. The lowest BCUT2D eigenvalue weighted by molar-refractivity contribution is -0.150. The Kier molecular flexibility index (Phi) is 8.22. The summed E-state index contributed by atoms with van der Waals surface area (Å²) in [5.41, 5.74) is 0.692. The second kappa shape index (κ2) is 10.3. The van der Waals surface area contributed by atoms with Crippen molar-refractivity contribution in [3.8, 4) is 0 Å². The lowest BCUT2D eigenvalue weighted by atomic mass is 9.95. The van der Waals surface area contributed by atoms with Crippen molar-refractivity contribution in [2.45, 2.75) is 79.4 Å². The smallest absolute Gasteiger partial charge is 0.341 e. The van der Waals surface area contributed by atoms with E-state index in [-0.39, 0.29) is 12.0 Å². The van der Waals surface area contributed by atoms with Crippen molar-refractivity contribution in [3.05, 3.63) is 16.0 Å². The summed E-state index contributed by atoms with van der Waals surface area (Å²) >= 11 is 1.37. The van der Waals surface area contributed by atoms with E-state index in [9.17, 15) is 19.2 Å². The molecule has 0 radical (unpaired) electrons. The Morgan fingerprint density at radius 2 is 1.71 bits per heavy atom. The largest absolute Gasteiger partial charge is 0.459 e. The SMILES string of the molecule is CC(C)OC(=O)c1c(NC(=O)COC(=O)C(C)NC(=O)C(C)(C)C)sc2c1CCCC2. The van der Waals surface area contributed by atoms with Crippen LogP contribution in [-0.4, -0.2) is 42.5 Å². The first-order valence-corrected chi connectivity index (χ1v) is 11.3. The summed E-state index contributed by atoms with van der Waals surface area (Å²) in [5.74, 6) is -2.02. The number of esters is 2. The van der Waals surface area contributed by atoms with E-state index < -0.39 is 35.9 Å². The minimum Gasteiger partial charge on any atom is -0.459 e. The third-order valence-corrected chi connectivity index (χ3v) is 5.91. The van der Waals surface area contributed by atoms with E-state index in [4.69, 9.17) is 9.47 Å². The molecule has 8 nitrogen and oxygen atoms in total. The molecule has 172 valence electrons. The molecule has 31 heavy (non-hydrogen) atoms. The van der Waals surface area contributed by atoms with Crippen LogP contribution in [0.25, 0.3) is 0 Å². The van der Waals surface area contributed by atoms with Gasteiger partial charge in [-0.05, 0) is 52.0 Å². The van der Waals surface area contributed by atoms with Gasteiger partial charge in [0, 0.05) is 10.3 Å². The molecule has 0 saturated carbocycles. The van der Waals surface area contributed by atoms with Gasteiger partial charge in [0.25, 0.3) is 5.91 Å². The Labute approximate surface area is 187 Å². The number of anilines is 1. The fraction of sp³-hybridized carbons (Fsp3) is 0.636. The van der Waals surface area contributed by atoms with E-state index in [0.29, 0.717) is 10.6 Å². The molecule has 0 aliphatic heterocycles. The van der Waals surface area contributed by atoms with Crippen molar-refractivity contribution in [1.82, 2.24) is 5.32 Å². The quantitative estimate of drug-likeness (QED) is 0.615. The lowest BCUT2D eigenvalue weighted by Gasteiger charge is -2.20. The lowest BCUT2D eigenvalue weighted by Crippen LogP contribution is -2.45. The van der Waals surface area contributed by atoms with Crippen molar-refractivity contribution in [1.29, 1.82) is 0 Å². The Bertz CT molecular complexity index is 853. The molecule has 1 aliphatic carbocycles. The average Bonchev–Trinajstić information content (AvgIpc) is 3.02. The van der Waals surface area contributed by atoms with Crippen LogP contribution in [0.15, 0.2) is 0 Å². The third-order valence-electron chi connectivity index (χ3n) is 4.70. The van der Waals surface area contributed by atoms with Gasteiger partial charge in [-0.2, -0.15) is 0 Å². The highest BCUT2D eigenvalue weighted by Gasteiger charge is 2.29. The van der Waals surface area contributed by atoms with E-state index in [1.165, 1.54) is 18.3 Å². The van der Waals surface area contributed by atoms with Gasteiger partial charge < -0.3 is 20.1 Å². The van der Waals surface area contributed by atoms with Crippen LogP contribution in [0, 0.1) is 5.41 Å². The highest BCUT2D eigenvalue weighted by atomic mass is 32.1. The third kappa shape index (κ3) is 6.78. The maximum Gasteiger partial charge on any atom is 0.341 e. The second-order valence-electron chi connectivity index (χ2n) is 8.97. The molecule has 0 fully saturated rings. The van der Waals surface area contributed by atoms with Crippen molar-refractivity contribution in [2.75, 3.05) is 11.9 Å². The van der Waals surface area contributed by atoms with Gasteiger partial charge in [0.1, 0.15) is 11.0 Å².